The standard InChI is InChI=1S/C13H14N2O2/c1-10(11-5-3-2-4-6-11)7-15-8-12(13(16)17)14-9-15/h2-6,8-10H,7H2,1H3,(H,16,17)/t10-/m1/s1. The van der Waals surface area contributed by atoms with Gasteiger partial charge < -0.3 is 9.67 Å². The molecule has 0 radical (unpaired) electrons. The van der Waals surface area contributed by atoms with Gasteiger partial charge in [0.15, 0.2) is 5.69 Å². The lowest BCUT2D eigenvalue weighted by molar-refractivity contribution is 0.0691. The molecule has 4 heteroatoms. The lowest BCUT2D eigenvalue weighted by Crippen LogP contribution is -2.04. The first-order chi connectivity index (χ1) is 8.16. The largest absolute Gasteiger partial charge is 0.476 e. The van der Waals surface area contributed by atoms with Crippen molar-refractivity contribution < 1.29 is 9.90 Å². The van der Waals surface area contributed by atoms with Crippen LogP contribution < -0.4 is 0 Å². The van der Waals surface area contributed by atoms with Crippen molar-refractivity contribution in [2.75, 3.05) is 0 Å². The van der Waals surface area contributed by atoms with E-state index >= 15 is 0 Å². The summed E-state index contributed by atoms with van der Waals surface area (Å²) in [6.07, 6.45) is 3.12. The van der Waals surface area contributed by atoms with Gasteiger partial charge in [0.1, 0.15) is 0 Å². The van der Waals surface area contributed by atoms with Crippen molar-refractivity contribution in [3.8, 4) is 0 Å². The molecule has 0 saturated carbocycles. The second-order valence-electron chi connectivity index (χ2n) is 4.07. The quantitative estimate of drug-likeness (QED) is 0.877. The van der Waals surface area contributed by atoms with Gasteiger partial charge in [0, 0.05) is 12.7 Å². The van der Waals surface area contributed by atoms with Crippen LogP contribution in [-0.2, 0) is 6.54 Å². The molecule has 1 atom stereocenters. The number of carboxylic acid groups (broad SMARTS) is 1. The summed E-state index contributed by atoms with van der Waals surface area (Å²) in [5.74, 6) is -0.664. The van der Waals surface area contributed by atoms with Crippen molar-refractivity contribution in [3.63, 3.8) is 0 Å². The lowest BCUT2D eigenvalue weighted by atomic mass is 10.0. The summed E-state index contributed by atoms with van der Waals surface area (Å²) in [5, 5.41) is 8.77. The van der Waals surface area contributed by atoms with E-state index in [0.29, 0.717) is 5.92 Å². The third-order valence-corrected chi connectivity index (χ3v) is 2.71. The molecule has 0 aliphatic rings. The summed E-state index contributed by atoms with van der Waals surface area (Å²) in [4.78, 5) is 14.5. The van der Waals surface area contributed by atoms with Crippen LogP contribution in [0.15, 0.2) is 42.9 Å². The second-order valence-corrected chi connectivity index (χ2v) is 4.07. The predicted molar refractivity (Wildman–Crippen MR) is 64.0 cm³/mol. The summed E-state index contributed by atoms with van der Waals surface area (Å²) >= 11 is 0. The average Bonchev–Trinajstić information content (AvgIpc) is 2.79. The molecule has 2 aromatic rings. The number of rotatable bonds is 4. The van der Waals surface area contributed by atoms with Crippen LogP contribution in [0.2, 0.25) is 0 Å². The van der Waals surface area contributed by atoms with Crippen molar-refractivity contribution in [2.45, 2.75) is 19.4 Å². The minimum absolute atomic E-state index is 0.0882. The lowest BCUT2D eigenvalue weighted by Gasteiger charge is -2.11. The van der Waals surface area contributed by atoms with E-state index in [1.165, 1.54) is 5.56 Å². The summed E-state index contributed by atoms with van der Waals surface area (Å²) < 4.78 is 1.81. The molecule has 0 saturated heterocycles. The van der Waals surface area contributed by atoms with Crippen molar-refractivity contribution >= 4 is 5.97 Å². The number of carbonyl (C=O) groups is 1. The van der Waals surface area contributed by atoms with E-state index in [0.717, 1.165) is 6.54 Å². The topological polar surface area (TPSA) is 55.1 Å². The first kappa shape index (κ1) is 11.4. The van der Waals surface area contributed by atoms with E-state index in [4.69, 9.17) is 5.11 Å². The Morgan fingerprint density at radius 3 is 2.71 bits per heavy atom. The SMILES string of the molecule is C[C@H](Cn1cnc(C(=O)O)c1)c1ccccc1. The van der Waals surface area contributed by atoms with Crippen LogP contribution in [0.4, 0.5) is 0 Å². The molecule has 1 aromatic carbocycles. The molecule has 88 valence electrons. The van der Waals surface area contributed by atoms with Gasteiger partial charge in [0.05, 0.1) is 6.33 Å². The van der Waals surface area contributed by atoms with E-state index < -0.39 is 5.97 Å². The van der Waals surface area contributed by atoms with Crippen LogP contribution in [0.5, 0.6) is 0 Å². The van der Waals surface area contributed by atoms with Crippen molar-refractivity contribution in [3.05, 3.63) is 54.1 Å². The zero-order chi connectivity index (χ0) is 12.3. The number of nitrogens with zero attached hydrogens (tertiary/aromatic N) is 2. The summed E-state index contributed by atoms with van der Waals surface area (Å²) in [5.41, 5.74) is 1.32. The van der Waals surface area contributed by atoms with Gasteiger partial charge >= 0.3 is 5.97 Å². The van der Waals surface area contributed by atoms with E-state index in [1.54, 1.807) is 17.1 Å². The molecule has 0 bridgehead atoms. The van der Waals surface area contributed by atoms with Crippen molar-refractivity contribution in [1.82, 2.24) is 9.55 Å². The number of imidazole rings is 1. The molecule has 0 amide bonds. The number of aromatic carboxylic acids is 1. The van der Waals surface area contributed by atoms with Gasteiger partial charge in [-0.05, 0) is 11.5 Å². The Morgan fingerprint density at radius 2 is 2.12 bits per heavy atom. The summed E-state index contributed by atoms with van der Waals surface area (Å²) in [6, 6.07) is 10.1. The minimum Gasteiger partial charge on any atom is -0.476 e. The molecular weight excluding hydrogens is 216 g/mol. The maximum atomic E-state index is 10.7. The third kappa shape index (κ3) is 2.72. The third-order valence-electron chi connectivity index (χ3n) is 2.71. The molecule has 0 aliphatic heterocycles. The fraction of sp³-hybridized carbons (Fsp3) is 0.231. The Kier molecular flexibility index (Phi) is 3.23. The van der Waals surface area contributed by atoms with E-state index in [9.17, 15) is 4.79 Å². The molecule has 0 fully saturated rings. The number of hydrogen-bond acceptors (Lipinski definition) is 2. The normalized spacial score (nSPS) is 12.3. The number of benzene rings is 1. The average molecular weight is 230 g/mol. The Labute approximate surface area is 99.5 Å². The fourth-order valence-electron chi connectivity index (χ4n) is 1.77. The van der Waals surface area contributed by atoms with Crippen LogP contribution in [-0.4, -0.2) is 20.6 Å². The van der Waals surface area contributed by atoms with Crippen molar-refractivity contribution in [2.24, 2.45) is 0 Å². The molecule has 2 rings (SSSR count). The Balaban J connectivity index is 2.08. The highest BCUT2D eigenvalue weighted by molar-refractivity contribution is 5.84. The van der Waals surface area contributed by atoms with Gasteiger partial charge in [-0.2, -0.15) is 0 Å². The summed E-state index contributed by atoms with van der Waals surface area (Å²) in [7, 11) is 0. The predicted octanol–water partition coefficient (Wildman–Crippen LogP) is 2.39. The molecule has 0 spiro atoms. The van der Waals surface area contributed by atoms with Gasteiger partial charge in [-0.25, -0.2) is 9.78 Å². The first-order valence-corrected chi connectivity index (χ1v) is 5.47. The van der Waals surface area contributed by atoms with Gasteiger partial charge in [-0.1, -0.05) is 37.3 Å². The smallest absolute Gasteiger partial charge is 0.356 e. The maximum absolute atomic E-state index is 10.7. The second kappa shape index (κ2) is 4.82. The van der Waals surface area contributed by atoms with E-state index in [1.807, 2.05) is 18.2 Å². The highest BCUT2D eigenvalue weighted by Gasteiger charge is 2.09. The number of aromatic nitrogens is 2. The van der Waals surface area contributed by atoms with Crippen LogP contribution in [0.1, 0.15) is 28.9 Å². The minimum atomic E-state index is -0.990. The Morgan fingerprint density at radius 1 is 1.41 bits per heavy atom. The van der Waals surface area contributed by atoms with E-state index in [-0.39, 0.29) is 5.69 Å². The molecule has 0 unspecified atom stereocenters. The van der Waals surface area contributed by atoms with Gasteiger partial charge in [-0.15, -0.1) is 0 Å². The fourth-order valence-corrected chi connectivity index (χ4v) is 1.77. The number of carboxylic acids is 1. The van der Waals surface area contributed by atoms with Crippen LogP contribution in [0.3, 0.4) is 0 Å². The molecule has 1 N–H and O–H groups in total. The molecule has 0 aliphatic carbocycles. The van der Waals surface area contributed by atoms with Crippen LogP contribution >= 0.6 is 0 Å². The summed E-state index contributed by atoms with van der Waals surface area (Å²) in [6.45, 7) is 2.83. The Hall–Kier alpha value is -2.10. The molecule has 1 aromatic heterocycles. The molecule has 4 nitrogen and oxygen atoms in total. The van der Waals surface area contributed by atoms with Crippen molar-refractivity contribution in [1.29, 1.82) is 0 Å². The van der Waals surface area contributed by atoms with Gasteiger partial charge in [0.2, 0.25) is 0 Å². The van der Waals surface area contributed by atoms with Crippen LogP contribution in [0.25, 0.3) is 0 Å². The van der Waals surface area contributed by atoms with E-state index in [2.05, 4.69) is 24.0 Å². The first-order valence-electron chi connectivity index (χ1n) is 5.47. The van der Waals surface area contributed by atoms with Crippen LogP contribution in [0, 0.1) is 0 Å². The molecule has 17 heavy (non-hydrogen) atoms. The Bertz CT molecular complexity index is 505. The number of hydrogen-bond donors (Lipinski definition) is 1. The molecular formula is C13H14N2O2. The van der Waals surface area contributed by atoms with Gasteiger partial charge in [-0.3, -0.25) is 0 Å². The highest BCUT2D eigenvalue weighted by Crippen LogP contribution is 2.16. The molecule has 1 heterocycles. The maximum Gasteiger partial charge on any atom is 0.356 e. The highest BCUT2D eigenvalue weighted by atomic mass is 16.4. The monoisotopic (exact) mass is 230 g/mol. The zero-order valence-corrected chi connectivity index (χ0v) is 9.58. The van der Waals surface area contributed by atoms with Gasteiger partial charge in [0.25, 0.3) is 0 Å². The zero-order valence-electron chi connectivity index (χ0n) is 9.58.